The van der Waals surface area contributed by atoms with E-state index in [0.29, 0.717) is 0 Å². The quantitative estimate of drug-likeness (QED) is 0.639. The third kappa shape index (κ3) is 2.49. The fourth-order valence-electron chi connectivity index (χ4n) is 1.03. The van der Waals surface area contributed by atoms with E-state index in [-0.39, 0.29) is 0 Å². The van der Waals surface area contributed by atoms with E-state index >= 15 is 0 Å². The van der Waals surface area contributed by atoms with Gasteiger partial charge in [0.1, 0.15) is 11.8 Å². The maximum Gasteiger partial charge on any atom is 0.116 e. The SMILES string of the molecule is CCC.Cc1ccnc2cncnc12. The van der Waals surface area contributed by atoms with Crippen molar-refractivity contribution in [2.24, 2.45) is 0 Å². The summed E-state index contributed by atoms with van der Waals surface area (Å²) in [6.07, 6.45) is 6.27. The van der Waals surface area contributed by atoms with Gasteiger partial charge in [0, 0.05) is 6.20 Å². The highest BCUT2D eigenvalue weighted by Gasteiger charge is 1.95. The van der Waals surface area contributed by atoms with E-state index in [0.717, 1.165) is 16.6 Å². The van der Waals surface area contributed by atoms with Gasteiger partial charge in [-0.05, 0) is 18.6 Å². The Labute approximate surface area is 84.2 Å². The van der Waals surface area contributed by atoms with Gasteiger partial charge in [-0.25, -0.2) is 9.97 Å². The Morgan fingerprint density at radius 1 is 1.21 bits per heavy atom. The molecule has 0 saturated carbocycles. The van der Waals surface area contributed by atoms with Gasteiger partial charge in [-0.1, -0.05) is 20.3 Å². The van der Waals surface area contributed by atoms with Crippen molar-refractivity contribution in [3.05, 3.63) is 30.4 Å². The summed E-state index contributed by atoms with van der Waals surface area (Å²) >= 11 is 0. The van der Waals surface area contributed by atoms with Crippen LogP contribution >= 0.6 is 0 Å². The van der Waals surface area contributed by atoms with Crippen LogP contribution in [0.1, 0.15) is 25.8 Å². The zero-order chi connectivity index (χ0) is 10.4. The second-order valence-corrected chi connectivity index (χ2v) is 3.09. The second kappa shape index (κ2) is 5.27. The number of aromatic nitrogens is 3. The monoisotopic (exact) mass is 189 g/mol. The van der Waals surface area contributed by atoms with E-state index in [9.17, 15) is 0 Å². The molecule has 0 aliphatic heterocycles. The van der Waals surface area contributed by atoms with Gasteiger partial charge in [0.05, 0.1) is 11.7 Å². The minimum absolute atomic E-state index is 0.854. The number of nitrogens with zero attached hydrogens (tertiary/aromatic N) is 3. The van der Waals surface area contributed by atoms with Gasteiger partial charge < -0.3 is 0 Å². The van der Waals surface area contributed by atoms with Crippen LogP contribution in [0.3, 0.4) is 0 Å². The Morgan fingerprint density at radius 2 is 1.93 bits per heavy atom. The highest BCUT2D eigenvalue weighted by Crippen LogP contribution is 2.09. The van der Waals surface area contributed by atoms with Crippen LogP contribution in [0, 0.1) is 6.92 Å². The molecule has 3 heteroatoms. The van der Waals surface area contributed by atoms with Gasteiger partial charge in [-0.2, -0.15) is 0 Å². The van der Waals surface area contributed by atoms with Crippen molar-refractivity contribution < 1.29 is 0 Å². The Morgan fingerprint density at radius 3 is 2.57 bits per heavy atom. The lowest BCUT2D eigenvalue weighted by molar-refractivity contribution is 1.09. The summed E-state index contributed by atoms with van der Waals surface area (Å²) in [4.78, 5) is 12.1. The van der Waals surface area contributed by atoms with Gasteiger partial charge >= 0.3 is 0 Å². The zero-order valence-electron chi connectivity index (χ0n) is 8.86. The number of pyridine rings is 1. The normalized spacial score (nSPS) is 9.36. The molecule has 3 nitrogen and oxygen atoms in total. The standard InChI is InChI=1S/C8H7N3.C3H8/c1-6-2-3-10-7-4-9-5-11-8(6)7;1-3-2/h2-5H,1H3;3H2,1-2H3. The first kappa shape index (κ1) is 10.6. The zero-order valence-corrected chi connectivity index (χ0v) is 8.86. The first-order valence-electron chi connectivity index (χ1n) is 4.80. The molecular formula is C11H15N3. The molecule has 2 aromatic rings. The molecule has 2 rings (SSSR count). The van der Waals surface area contributed by atoms with Crippen molar-refractivity contribution in [2.75, 3.05) is 0 Å². The van der Waals surface area contributed by atoms with E-state index in [2.05, 4.69) is 28.8 Å². The molecule has 2 aromatic heterocycles. The summed E-state index contributed by atoms with van der Waals surface area (Å²) in [5.74, 6) is 0. The van der Waals surface area contributed by atoms with Crippen molar-refractivity contribution in [1.82, 2.24) is 15.0 Å². The second-order valence-electron chi connectivity index (χ2n) is 3.09. The van der Waals surface area contributed by atoms with Crippen LogP contribution in [0.25, 0.3) is 11.0 Å². The lowest BCUT2D eigenvalue weighted by atomic mass is 10.2. The van der Waals surface area contributed by atoms with Crippen LogP contribution < -0.4 is 0 Å². The number of aryl methyl sites for hydroxylation is 1. The Hall–Kier alpha value is -1.51. The minimum atomic E-state index is 0.854. The van der Waals surface area contributed by atoms with Crippen LogP contribution in [-0.4, -0.2) is 15.0 Å². The van der Waals surface area contributed by atoms with Gasteiger partial charge in [0.15, 0.2) is 0 Å². The molecule has 0 fully saturated rings. The minimum Gasteiger partial charge on any atom is -0.253 e. The van der Waals surface area contributed by atoms with Crippen LogP contribution in [0.4, 0.5) is 0 Å². The molecule has 0 saturated heterocycles. The van der Waals surface area contributed by atoms with Crippen molar-refractivity contribution in [1.29, 1.82) is 0 Å². The molecular weight excluding hydrogens is 174 g/mol. The molecule has 74 valence electrons. The van der Waals surface area contributed by atoms with Crippen LogP contribution in [-0.2, 0) is 0 Å². The van der Waals surface area contributed by atoms with Crippen molar-refractivity contribution in [3.63, 3.8) is 0 Å². The fourth-order valence-corrected chi connectivity index (χ4v) is 1.03. The average molecular weight is 189 g/mol. The van der Waals surface area contributed by atoms with Crippen LogP contribution in [0.5, 0.6) is 0 Å². The molecule has 0 aliphatic rings. The third-order valence-corrected chi connectivity index (χ3v) is 1.60. The Kier molecular flexibility index (Phi) is 3.98. The van der Waals surface area contributed by atoms with Gasteiger partial charge in [0.2, 0.25) is 0 Å². The molecule has 0 spiro atoms. The van der Waals surface area contributed by atoms with Crippen LogP contribution in [0.15, 0.2) is 24.8 Å². The summed E-state index contributed by atoms with van der Waals surface area (Å²) in [6.45, 7) is 6.26. The molecule has 0 amide bonds. The van der Waals surface area contributed by atoms with E-state index in [4.69, 9.17) is 0 Å². The predicted molar refractivity (Wildman–Crippen MR) is 58.0 cm³/mol. The molecule has 0 aliphatic carbocycles. The maximum absolute atomic E-state index is 4.12. The summed E-state index contributed by atoms with van der Waals surface area (Å²) < 4.78 is 0. The summed E-state index contributed by atoms with van der Waals surface area (Å²) in [5.41, 5.74) is 2.92. The molecule has 0 unspecified atom stereocenters. The van der Waals surface area contributed by atoms with Gasteiger partial charge in [-0.3, -0.25) is 4.98 Å². The topological polar surface area (TPSA) is 38.7 Å². The van der Waals surface area contributed by atoms with E-state index in [1.54, 1.807) is 12.4 Å². The molecule has 0 N–H and O–H groups in total. The third-order valence-electron chi connectivity index (χ3n) is 1.60. The number of fused-ring (bicyclic) bond motifs is 1. The number of hydrogen-bond acceptors (Lipinski definition) is 3. The largest absolute Gasteiger partial charge is 0.253 e. The molecule has 14 heavy (non-hydrogen) atoms. The number of rotatable bonds is 0. The summed E-state index contributed by atoms with van der Waals surface area (Å²) in [5, 5.41) is 0. The first-order chi connectivity index (χ1) is 6.79. The maximum atomic E-state index is 4.12. The summed E-state index contributed by atoms with van der Waals surface area (Å²) in [6, 6.07) is 1.94. The average Bonchev–Trinajstić information content (AvgIpc) is 2.20. The fraction of sp³-hybridized carbons (Fsp3) is 0.364. The van der Waals surface area contributed by atoms with Gasteiger partial charge in [-0.15, -0.1) is 0 Å². The highest BCUT2D eigenvalue weighted by atomic mass is 14.8. The Bertz CT molecular complexity index is 393. The Balaban J connectivity index is 0.000000293. The molecule has 0 bridgehead atoms. The van der Waals surface area contributed by atoms with Crippen molar-refractivity contribution in [2.45, 2.75) is 27.2 Å². The van der Waals surface area contributed by atoms with Crippen LogP contribution in [0.2, 0.25) is 0 Å². The lowest BCUT2D eigenvalue weighted by Crippen LogP contribution is -1.86. The van der Waals surface area contributed by atoms with E-state index in [1.165, 1.54) is 12.7 Å². The molecule has 0 aromatic carbocycles. The molecule has 0 atom stereocenters. The predicted octanol–water partition coefficient (Wildman–Crippen LogP) is 2.75. The first-order valence-corrected chi connectivity index (χ1v) is 4.80. The number of hydrogen-bond donors (Lipinski definition) is 0. The van der Waals surface area contributed by atoms with Gasteiger partial charge in [0.25, 0.3) is 0 Å². The molecule has 2 heterocycles. The smallest absolute Gasteiger partial charge is 0.116 e. The van der Waals surface area contributed by atoms with Crippen molar-refractivity contribution in [3.8, 4) is 0 Å². The highest BCUT2D eigenvalue weighted by molar-refractivity contribution is 5.75. The summed E-state index contributed by atoms with van der Waals surface area (Å²) in [7, 11) is 0. The molecule has 0 radical (unpaired) electrons. The van der Waals surface area contributed by atoms with E-state index < -0.39 is 0 Å². The lowest BCUT2D eigenvalue weighted by Gasteiger charge is -1.96. The van der Waals surface area contributed by atoms with E-state index in [1.807, 2.05) is 13.0 Å². The van der Waals surface area contributed by atoms with Crippen molar-refractivity contribution >= 4 is 11.0 Å².